The lowest BCUT2D eigenvalue weighted by Gasteiger charge is -2.34. The summed E-state index contributed by atoms with van der Waals surface area (Å²) >= 11 is 0. The Kier molecular flexibility index (Phi) is 4.99. The number of nitrogens with one attached hydrogen (secondary N) is 1. The molecule has 0 aromatic carbocycles. The maximum absolute atomic E-state index is 12.2. The molecule has 1 aliphatic carbocycles. The van der Waals surface area contributed by atoms with Gasteiger partial charge in [-0.25, -0.2) is 0 Å². The first-order valence-electron chi connectivity index (χ1n) is 7.14. The van der Waals surface area contributed by atoms with Gasteiger partial charge in [0.2, 0.25) is 5.91 Å². The van der Waals surface area contributed by atoms with E-state index < -0.39 is 17.3 Å². The lowest BCUT2D eigenvalue weighted by Crippen LogP contribution is -2.48. The van der Waals surface area contributed by atoms with Gasteiger partial charge >= 0.3 is 5.97 Å². The average molecular weight is 269 g/mol. The van der Waals surface area contributed by atoms with E-state index in [0.717, 1.165) is 12.8 Å². The minimum Gasteiger partial charge on any atom is -0.481 e. The van der Waals surface area contributed by atoms with E-state index in [1.165, 1.54) is 6.42 Å². The van der Waals surface area contributed by atoms with E-state index in [1.54, 1.807) is 20.8 Å². The summed E-state index contributed by atoms with van der Waals surface area (Å²) in [5.41, 5.74) is -0.568. The van der Waals surface area contributed by atoms with E-state index in [9.17, 15) is 14.7 Å². The Balaban J connectivity index is 2.69. The molecule has 2 N–H and O–H groups in total. The first-order valence-corrected chi connectivity index (χ1v) is 7.14. The smallest absolute Gasteiger partial charge is 0.316 e. The molecule has 1 saturated carbocycles. The largest absolute Gasteiger partial charge is 0.481 e. The summed E-state index contributed by atoms with van der Waals surface area (Å²) < 4.78 is 0. The van der Waals surface area contributed by atoms with Crippen molar-refractivity contribution in [3.05, 3.63) is 0 Å². The van der Waals surface area contributed by atoms with E-state index in [1.807, 2.05) is 0 Å². The molecule has 1 aliphatic rings. The molecule has 1 amide bonds. The van der Waals surface area contributed by atoms with Gasteiger partial charge in [0.25, 0.3) is 0 Å². The third kappa shape index (κ3) is 4.51. The molecule has 0 aromatic rings. The zero-order chi connectivity index (χ0) is 14.8. The van der Waals surface area contributed by atoms with Crippen LogP contribution in [0.2, 0.25) is 0 Å². The molecule has 0 bridgehead atoms. The predicted octanol–water partition coefficient (Wildman–Crippen LogP) is 2.67. The molecular formula is C15H27NO3. The Hall–Kier alpha value is -1.06. The first-order chi connectivity index (χ1) is 8.61. The summed E-state index contributed by atoms with van der Waals surface area (Å²) in [6.45, 7) is 9.74. The molecule has 0 aliphatic heterocycles. The zero-order valence-corrected chi connectivity index (χ0v) is 12.7. The van der Waals surface area contributed by atoms with Gasteiger partial charge in [-0.2, -0.15) is 0 Å². The van der Waals surface area contributed by atoms with Crippen molar-refractivity contribution in [2.45, 2.75) is 59.9 Å². The average Bonchev–Trinajstić information content (AvgIpc) is 2.10. The second-order valence-corrected chi connectivity index (χ2v) is 7.26. The van der Waals surface area contributed by atoms with Gasteiger partial charge in [-0.15, -0.1) is 0 Å². The number of carboxylic acids is 1. The summed E-state index contributed by atoms with van der Waals surface area (Å²) in [6, 6.07) is 0.121. The van der Waals surface area contributed by atoms with Crippen LogP contribution < -0.4 is 5.32 Å². The van der Waals surface area contributed by atoms with Crippen LogP contribution in [0.3, 0.4) is 0 Å². The fourth-order valence-corrected chi connectivity index (χ4v) is 3.23. The van der Waals surface area contributed by atoms with Gasteiger partial charge in [-0.3, -0.25) is 9.59 Å². The van der Waals surface area contributed by atoms with Crippen molar-refractivity contribution >= 4 is 11.9 Å². The molecule has 1 rings (SSSR count). The van der Waals surface area contributed by atoms with Crippen LogP contribution in [0.5, 0.6) is 0 Å². The number of hydrogen-bond donors (Lipinski definition) is 2. The molecule has 0 heterocycles. The third-order valence-corrected chi connectivity index (χ3v) is 3.90. The maximum Gasteiger partial charge on any atom is 0.316 e. The summed E-state index contributed by atoms with van der Waals surface area (Å²) in [4.78, 5) is 23.5. The van der Waals surface area contributed by atoms with E-state index in [2.05, 4.69) is 19.2 Å². The third-order valence-electron chi connectivity index (χ3n) is 3.90. The van der Waals surface area contributed by atoms with Gasteiger partial charge in [0.05, 0.1) is 0 Å². The van der Waals surface area contributed by atoms with Crippen LogP contribution in [0.4, 0.5) is 0 Å². The highest BCUT2D eigenvalue weighted by Gasteiger charge is 2.39. The summed E-state index contributed by atoms with van der Waals surface area (Å²) in [7, 11) is 0. The van der Waals surface area contributed by atoms with Crippen LogP contribution in [0, 0.1) is 23.2 Å². The molecular weight excluding hydrogens is 242 g/mol. The predicted molar refractivity (Wildman–Crippen MR) is 74.7 cm³/mol. The fourth-order valence-electron chi connectivity index (χ4n) is 3.23. The zero-order valence-electron chi connectivity index (χ0n) is 12.7. The molecule has 4 heteroatoms. The lowest BCUT2D eigenvalue weighted by atomic mass is 9.78. The Morgan fingerprint density at radius 3 is 1.95 bits per heavy atom. The van der Waals surface area contributed by atoms with Crippen molar-refractivity contribution in [3.63, 3.8) is 0 Å². The monoisotopic (exact) mass is 269 g/mol. The number of amides is 1. The number of hydrogen-bond acceptors (Lipinski definition) is 2. The highest BCUT2D eigenvalue weighted by Crippen LogP contribution is 2.30. The normalized spacial score (nSPS) is 29.6. The van der Waals surface area contributed by atoms with Gasteiger partial charge in [-0.05, 0) is 36.5 Å². The van der Waals surface area contributed by atoms with Crippen LogP contribution in [0.15, 0.2) is 0 Å². The Morgan fingerprint density at radius 2 is 1.58 bits per heavy atom. The van der Waals surface area contributed by atoms with Gasteiger partial charge in [0.15, 0.2) is 0 Å². The minimum atomic E-state index is -1.04. The van der Waals surface area contributed by atoms with Crippen LogP contribution >= 0.6 is 0 Å². The lowest BCUT2D eigenvalue weighted by molar-refractivity contribution is -0.151. The van der Waals surface area contributed by atoms with Crippen LogP contribution in [-0.4, -0.2) is 23.0 Å². The molecule has 4 nitrogen and oxygen atoms in total. The number of aliphatic carboxylic acids is 1. The summed E-state index contributed by atoms with van der Waals surface area (Å²) in [5.74, 6) is -1.19. The number of carbonyl (C=O) groups excluding carboxylic acids is 1. The van der Waals surface area contributed by atoms with E-state index in [-0.39, 0.29) is 11.9 Å². The fraction of sp³-hybridized carbons (Fsp3) is 0.867. The quantitative estimate of drug-likeness (QED) is 0.774. The Labute approximate surface area is 116 Å². The topological polar surface area (TPSA) is 66.4 Å². The van der Waals surface area contributed by atoms with Crippen molar-refractivity contribution in [2.24, 2.45) is 23.2 Å². The van der Waals surface area contributed by atoms with E-state index in [4.69, 9.17) is 0 Å². The molecule has 3 atom stereocenters. The highest BCUT2D eigenvalue weighted by atomic mass is 16.4. The van der Waals surface area contributed by atoms with Crippen molar-refractivity contribution in [1.82, 2.24) is 5.32 Å². The molecule has 19 heavy (non-hydrogen) atoms. The first kappa shape index (κ1) is 16.0. The number of carboxylic acid groups (broad SMARTS) is 1. The van der Waals surface area contributed by atoms with Crippen molar-refractivity contribution in [3.8, 4) is 0 Å². The molecule has 0 saturated heterocycles. The highest BCUT2D eigenvalue weighted by molar-refractivity contribution is 5.97. The molecule has 0 aromatic heterocycles. The van der Waals surface area contributed by atoms with Gasteiger partial charge in [0.1, 0.15) is 5.92 Å². The number of rotatable bonds is 3. The van der Waals surface area contributed by atoms with E-state index in [0.29, 0.717) is 11.8 Å². The van der Waals surface area contributed by atoms with Gasteiger partial charge < -0.3 is 10.4 Å². The van der Waals surface area contributed by atoms with E-state index >= 15 is 0 Å². The maximum atomic E-state index is 12.2. The van der Waals surface area contributed by atoms with Gasteiger partial charge in [-0.1, -0.05) is 34.6 Å². The second kappa shape index (κ2) is 5.93. The standard InChI is InChI=1S/C15H27NO3/c1-9-6-10(2)8-11(7-9)16-13(17)12(14(18)19)15(3,4)5/h9-12H,6-8H2,1-5H3,(H,16,17)(H,18,19). The summed E-state index contributed by atoms with van der Waals surface area (Å²) in [6.07, 6.45) is 3.09. The molecule has 110 valence electrons. The second-order valence-electron chi connectivity index (χ2n) is 7.26. The number of carbonyl (C=O) groups is 2. The minimum absolute atomic E-state index is 0.121. The van der Waals surface area contributed by atoms with Gasteiger partial charge in [0, 0.05) is 6.04 Å². The summed E-state index contributed by atoms with van der Waals surface area (Å²) in [5, 5.41) is 12.2. The van der Waals surface area contributed by atoms with Crippen molar-refractivity contribution in [1.29, 1.82) is 0 Å². The molecule has 1 fully saturated rings. The van der Waals surface area contributed by atoms with Crippen LogP contribution in [0.1, 0.15) is 53.9 Å². The van der Waals surface area contributed by atoms with Crippen LogP contribution in [-0.2, 0) is 9.59 Å². The molecule has 0 radical (unpaired) electrons. The van der Waals surface area contributed by atoms with Crippen LogP contribution in [0.25, 0.3) is 0 Å². The Morgan fingerprint density at radius 1 is 1.11 bits per heavy atom. The molecule has 0 spiro atoms. The Bertz CT molecular complexity index is 336. The van der Waals surface area contributed by atoms with Crippen molar-refractivity contribution in [2.75, 3.05) is 0 Å². The molecule has 3 unspecified atom stereocenters. The van der Waals surface area contributed by atoms with Crippen molar-refractivity contribution < 1.29 is 14.7 Å². The SMILES string of the molecule is CC1CC(C)CC(NC(=O)C(C(=O)O)C(C)(C)C)C1.